The van der Waals surface area contributed by atoms with Crippen LogP contribution in [0.1, 0.15) is 44.3 Å². The van der Waals surface area contributed by atoms with Crippen LogP contribution in [0.4, 0.5) is 0 Å². The van der Waals surface area contributed by atoms with Gasteiger partial charge in [-0.25, -0.2) is 0 Å². The molecule has 0 aliphatic carbocycles. The minimum atomic E-state index is -0.344. The summed E-state index contributed by atoms with van der Waals surface area (Å²) >= 11 is 0. The second kappa shape index (κ2) is 6.18. The van der Waals surface area contributed by atoms with Crippen LogP contribution in [0.3, 0.4) is 0 Å². The van der Waals surface area contributed by atoms with Crippen LogP contribution in [0.5, 0.6) is 0 Å². The molecule has 0 saturated carbocycles. The Morgan fingerprint density at radius 2 is 2.06 bits per heavy atom. The van der Waals surface area contributed by atoms with E-state index in [1.54, 1.807) is 0 Å². The first kappa shape index (κ1) is 12.6. The lowest BCUT2D eigenvalue weighted by molar-refractivity contribution is 0.0656. The summed E-state index contributed by atoms with van der Waals surface area (Å²) in [5.41, 5.74) is 1.04. The summed E-state index contributed by atoms with van der Waals surface area (Å²) in [4.78, 5) is 2.46. The molecule has 94 valence electrons. The van der Waals surface area contributed by atoms with E-state index in [9.17, 15) is 5.11 Å². The van der Waals surface area contributed by atoms with Gasteiger partial charge >= 0.3 is 0 Å². The molecule has 2 nitrogen and oxygen atoms in total. The van der Waals surface area contributed by atoms with E-state index < -0.39 is 0 Å². The van der Waals surface area contributed by atoms with Crippen molar-refractivity contribution in [3.8, 4) is 0 Å². The SMILES string of the molecule is CC[C@@H]1CCCCN1C[C@H](O)c1ccccc1. The summed E-state index contributed by atoms with van der Waals surface area (Å²) in [5, 5.41) is 10.2. The number of benzene rings is 1. The molecule has 0 radical (unpaired) electrons. The van der Waals surface area contributed by atoms with Crippen LogP contribution in [0, 0.1) is 0 Å². The maximum atomic E-state index is 10.2. The molecule has 1 aromatic rings. The molecule has 2 heteroatoms. The third-order valence-corrected chi connectivity index (χ3v) is 3.81. The molecule has 1 aliphatic rings. The number of hydrogen-bond acceptors (Lipinski definition) is 2. The van der Waals surface area contributed by atoms with Gasteiger partial charge in [0.25, 0.3) is 0 Å². The second-order valence-corrected chi connectivity index (χ2v) is 4.98. The van der Waals surface area contributed by atoms with Gasteiger partial charge in [0.1, 0.15) is 0 Å². The average molecular weight is 233 g/mol. The van der Waals surface area contributed by atoms with Crippen molar-refractivity contribution in [1.29, 1.82) is 0 Å². The first-order valence-corrected chi connectivity index (χ1v) is 6.78. The van der Waals surface area contributed by atoms with Crippen molar-refractivity contribution < 1.29 is 5.11 Å². The van der Waals surface area contributed by atoms with Crippen LogP contribution in [0.2, 0.25) is 0 Å². The molecule has 0 bridgehead atoms. The summed E-state index contributed by atoms with van der Waals surface area (Å²) in [7, 11) is 0. The normalized spacial score (nSPS) is 23.5. The Balaban J connectivity index is 1.95. The van der Waals surface area contributed by atoms with Crippen molar-refractivity contribution in [1.82, 2.24) is 4.90 Å². The van der Waals surface area contributed by atoms with E-state index in [0.29, 0.717) is 6.04 Å². The molecule has 17 heavy (non-hydrogen) atoms. The predicted molar refractivity (Wildman–Crippen MR) is 70.9 cm³/mol. The average Bonchev–Trinajstić information content (AvgIpc) is 2.40. The number of β-amino-alcohol motifs (C(OH)–C–C–N with tert-alkyl or cyclic N) is 1. The highest BCUT2D eigenvalue weighted by Crippen LogP contribution is 2.23. The van der Waals surface area contributed by atoms with Crippen LogP contribution in [-0.2, 0) is 0 Å². The monoisotopic (exact) mass is 233 g/mol. The molecule has 1 aromatic carbocycles. The van der Waals surface area contributed by atoms with E-state index in [1.807, 2.05) is 30.3 Å². The van der Waals surface area contributed by atoms with Gasteiger partial charge in [0.15, 0.2) is 0 Å². The molecular formula is C15H23NO. The first-order chi connectivity index (χ1) is 8.31. The first-order valence-electron chi connectivity index (χ1n) is 6.78. The fraction of sp³-hybridized carbons (Fsp3) is 0.600. The van der Waals surface area contributed by atoms with E-state index in [-0.39, 0.29) is 6.10 Å². The highest BCUT2D eigenvalue weighted by molar-refractivity contribution is 5.17. The van der Waals surface area contributed by atoms with Gasteiger partial charge in [0.05, 0.1) is 6.10 Å². The van der Waals surface area contributed by atoms with E-state index in [4.69, 9.17) is 0 Å². The number of hydrogen-bond donors (Lipinski definition) is 1. The Kier molecular flexibility index (Phi) is 4.57. The Hall–Kier alpha value is -0.860. The minimum absolute atomic E-state index is 0.344. The maximum Gasteiger partial charge on any atom is 0.0917 e. The number of aliphatic hydroxyl groups excluding tert-OH is 1. The highest BCUT2D eigenvalue weighted by atomic mass is 16.3. The molecule has 0 amide bonds. The van der Waals surface area contributed by atoms with Gasteiger partial charge in [-0.3, -0.25) is 4.90 Å². The summed E-state index contributed by atoms with van der Waals surface area (Å²) in [6, 6.07) is 10.7. The minimum Gasteiger partial charge on any atom is -0.387 e. The molecule has 1 fully saturated rings. The van der Waals surface area contributed by atoms with Crippen LogP contribution >= 0.6 is 0 Å². The largest absolute Gasteiger partial charge is 0.387 e. The van der Waals surface area contributed by atoms with Crippen molar-refractivity contribution in [2.75, 3.05) is 13.1 Å². The van der Waals surface area contributed by atoms with E-state index in [1.165, 1.54) is 25.7 Å². The Labute approximate surface area is 104 Å². The molecule has 1 aliphatic heterocycles. The molecule has 0 unspecified atom stereocenters. The van der Waals surface area contributed by atoms with Gasteiger partial charge in [0, 0.05) is 12.6 Å². The molecule has 0 aromatic heterocycles. The summed E-state index contributed by atoms with van der Waals surface area (Å²) in [6.45, 7) is 4.17. The number of aliphatic hydroxyl groups is 1. The van der Waals surface area contributed by atoms with Gasteiger partial charge in [-0.15, -0.1) is 0 Å². The molecule has 1 saturated heterocycles. The Bertz CT molecular complexity index is 325. The number of rotatable bonds is 4. The third kappa shape index (κ3) is 3.30. The van der Waals surface area contributed by atoms with Crippen molar-refractivity contribution >= 4 is 0 Å². The zero-order valence-electron chi connectivity index (χ0n) is 10.7. The Morgan fingerprint density at radius 1 is 1.29 bits per heavy atom. The molecular weight excluding hydrogens is 210 g/mol. The van der Waals surface area contributed by atoms with Crippen LogP contribution in [-0.4, -0.2) is 29.1 Å². The number of nitrogens with zero attached hydrogens (tertiary/aromatic N) is 1. The summed E-state index contributed by atoms with van der Waals surface area (Å²) < 4.78 is 0. The molecule has 0 spiro atoms. The molecule has 1 N–H and O–H groups in total. The highest BCUT2D eigenvalue weighted by Gasteiger charge is 2.23. The fourth-order valence-corrected chi connectivity index (χ4v) is 2.77. The second-order valence-electron chi connectivity index (χ2n) is 4.98. The fourth-order valence-electron chi connectivity index (χ4n) is 2.77. The van der Waals surface area contributed by atoms with E-state index >= 15 is 0 Å². The van der Waals surface area contributed by atoms with Gasteiger partial charge < -0.3 is 5.11 Å². The van der Waals surface area contributed by atoms with Gasteiger partial charge in [-0.05, 0) is 31.4 Å². The number of piperidine rings is 1. The van der Waals surface area contributed by atoms with Crippen LogP contribution in [0.25, 0.3) is 0 Å². The zero-order chi connectivity index (χ0) is 12.1. The maximum absolute atomic E-state index is 10.2. The van der Waals surface area contributed by atoms with Crippen molar-refractivity contribution in [3.05, 3.63) is 35.9 Å². The zero-order valence-corrected chi connectivity index (χ0v) is 10.7. The standard InChI is InChI=1S/C15H23NO/c1-2-14-10-6-7-11-16(14)12-15(17)13-8-4-3-5-9-13/h3-5,8-9,14-15,17H,2,6-7,10-12H2,1H3/t14-,15+/m1/s1. The summed E-state index contributed by atoms with van der Waals surface area (Å²) in [6.07, 6.45) is 4.76. The number of likely N-dealkylation sites (tertiary alicyclic amines) is 1. The topological polar surface area (TPSA) is 23.5 Å². The van der Waals surface area contributed by atoms with Crippen molar-refractivity contribution in [2.24, 2.45) is 0 Å². The Morgan fingerprint density at radius 3 is 2.76 bits per heavy atom. The van der Waals surface area contributed by atoms with E-state index in [0.717, 1.165) is 18.7 Å². The van der Waals surface area contributed by atoms with Crippen LogP contribution < -0.4 is 0 Å². The summed E-state index contributed by atoms with van der Waals surface area (Å²) in [5.74, 6) is 0. The van der Waals surface area contributed by atoms with Gasteiger partial charge in [0.2, 0.25) is 0 Å². The molecule has 2 rings (SSSR count). The van der Waals surface area contributed by atoms with Gasteiger partial charge in [-0.1, -0.05) is 43.7 Å². The van der Waals surface area contributed by atoms with Gasteiger partial charge in [-0.2, -0.15) is 0 Å². The molecule has 2 atom stereocenters. The third-order valence-electron chi connectivity index (χ3n) is 3.81. The quantitative estimate of drug-likeness (QED) is 0.864. The van der Waals surface area contributed by atoms with E-state index in [2.05, 4.69) is 11.8 Å². The smallest absolute Gasteiger partial charge is 0.0917 e. The van der Waals surface area contributed by atoms with Crippen molar-refractivity contribution in [3.63, 3.8) is 0 Å². The molecule has 1 heterocycles. The van der Waals surface area contributed by atoms with Crippen molar-refractivity contribution in [2.45, 2.75) is 44.8 Å². The van der Waals surface area contributed by atoms with Crippen LogP contribution in [0.15, 0.2) is 30.3 Å². The lowest BCUT2D eigenvalue weighted by atomic mass is 9.98. The lowest BCUT2D eigenvalue weighted by Crippen LogP contribution is -2.41. The lowest BCUT2D eigenvalue weighted by Gasteiger charge is -2.36. The predicted octanol–water partition coefficient (Wildman–Crippen LogP) is 2.98.